The van der Waals surface area contributed by atoms with Crippen LogP contribution in [0.2, 0.25) is 0 Å². The summed E-state index contributed by atoms with van der Waals surface area (Å²) in [5, 5.41) is 11.6. The number of benzene rings is 5. The predicted molar refractivity (Wildman–Crippen MR) is 255 cm³/mol. The van der Waals surface area contributed by atoms with E-state index < -0.39 is 59.1 Å². The van der Waals surface area contributed by atoms with E-state index in [0.717, 1.165) is 22.3 Å². The van der Waals surface area contributed by atoms with Crippen LogP contribution in [0.5, 0.6) is 0 Å². The van der Waals surface area contributed by atoms with Gasteiger partial charge in [-0.25, -0.2) is 9.59 Å². The second kappa shape index (κ2) is 25.2. The second-order valence-corrected chi connectivity index (χ2v) is 16.8. The fourth-order valence-electron chi connectivity index (χ4n) is 7.39. The highest BCUT2D eigenvalue weighted by Crippen LogP contribution is 2.37. The first-order valence-corrected chi connectivity index (χ1v) is 22.4. The van der Waals surface area contributed by atoms with Crippen molar-refractivity contribution in [2.45, 2.75) is 95.7 Å². The quantitative estimate of drug-likeness (QED) is 0.0235. The standard InChI is InChI=1S/C54H60N4O9/c1-5-65-48(60)35-32-44(31-34-47(59)58-54(41-25-15-8-16-26-41,42-27-17-9-18-28-42)43-29-19-10-20-30-43)55-51(63)46(37-39-21-11-6-12-22-39)56-50(62)45(33-36-49(61)67-53(2,3)4)57-52(64)66-38-40-23-13-7-14-24-40/h6-30,32,35,44-46H,5,31,33-34,36-38H2,1-4H3,(H,55,63)(H,56,62)(H,57,64)(H,58,59)/b35-32+/t44-,45-,46-/m0/s1. The van der Waals surface area contributed by atoms with E-state index in [1.807, 2.05) is 103 Å². The van der Waals surface area contributed by atoms with E-state index in [4.69, 9.17) is 14.2 Å². The predicted octanol–water partition coefficient (Wildman–Crippen LogP) is 7.62. The maximum Gasteiger partial charge on any atom is 0.408 e. The molecular weight excluding hydrogens is 849 g/mol. The van der Waals surface area contributed by atoms with Gasteiger partial charge < -0.3 is 35.5 Å². The van der Waals surface area contributed by atoms with Gasteiger partial charge in [-0.3, -0.25) is 19.2 Å². The molecule has 0 unspecified atom stereocenters. The van der Waals surface area contributed by atoms with Gasteiger partial charge in [0.05, 0.1) is 6.61 Å². The van der Waals surface area contributed by atoms with Crippen LogP contribution in [-0.2, 0) is 56.7 Å². The normalized spacial score (nSPS) is 12.7. The minimum Gasteiger partial charge on any atom is -0.463 e. The Balaban J connectivity index is 1.40. The first-order valence-electron chi connectivity index (χ1n) is 22.4. The zero-order valence-electron chi connectivity index (χ0n) is 38.4. The van der Waals surface area contributed by atoms with Crippen LogP contribution in [0.15, 0.2) is 164 Å². The summed E-state index contributed by atoms with van der Waals surface area (Å²) in [5.74, 6) is -2.96. The maximum atomic E-state index is 14.5. The number of ether oxygens (including phenoxy) is 3. The summed E-state index contributed by atoms with van der Waals surface area (Å²) >= 11 is 0. The van der Waals surface area contributed by atoms with Gasteiger partial charge >= 0.3 is 18.0 Å². The highest BCUT2D eigenvalue weighted by Gasteiger charge is 2.38. The molecule has 0 aliphatic rings. The Morgan fingerprint density at radius 2 is 1.06 bits per heavy atom. The van der Waals surface area contributed by atoms with Crippen LogP contribution in [0, 0.1) is 0 Å². The minimum atomic E-state index is -1.32. The van der Waals surface area contributed by atoms with Crippen LogP contribution in [0.4, 0.5) is 4.79 Å². The van der Waals surface area contributed by atoms with E-state index >= 15 is 0 Å². The molecule has 0 heterocycles. The summed E-state index contributed by atoms with van der Waals surface area (Å²) in [5.41, 5.74) is 2.04. The van der Waals surface area contributed by atoms with Gasteiger partial charge in [0.2, 0.25) is 17.7 Å². The van der Waals surface area contributed by atoms with E-state index in [1.54, 1.807) is 76.2 Å². The Morgan fingerprint density at radius 3 is 1.57 bits per heavy atom. The summed E-state index contributed by atoms with van der Waals surface area (Å²) in [4.78, 5) is 81.5. The topological polar surface area (TPSA) is 178 Å². The first kappa shape index (κ1) is 50.5. The van der Waals surface area contributed by atoms with E-state index in [-0.39, 0.29) is 51.2 Å². The number of hydrogen-bond acceptors (Lipinski definition) is 9. The molecule has 0 aliphatic heterocycles. The monoisotopic (exact) mass is 908 g/mol. The number of amides is 4. The van der Waals surface area contributed by atoms with E-state index in [2.05, 4.69) is 21.3 Å². The van der Waals surface area contributed by atoms with Crippen LogP contribution < -0.4 is 21.3 Å². The van der Waals surface area contributed by atoms with Crippen LogP contribution >= 0.6 is 0 Å². The van der Waals surface area contributed by atoms with Crippen molar-refractivity contribution in [3.05, 3.63) is 192 Å². The molecule has 5 rings (SSSR count). The molecule has 0 radical (unpaired) electrons. The average Bonchev–Trinajstić information content (AvgIpc) is 3.33. The molecule has 13 heteroatoms. The smallest absolute Gasteiger partial charge is 0.408 e. The Bertz CT molecular complexity index is 2290. The number of carbonyl (C=O) groups excluding carboxylic acids is 6. The molecule has 350 valence electrons. The minimum absolute atomic E-state index is 0.0260. The summed E-state index contributed by atoms with van der Waals surface area (Å²) in [6, 6.07) is 43.5. The first-order chi connectivity index (χ1) is 32.3. The Hall–Kier alpha value is -7.54. The third-order valence-corrected chi connectivity index (χ3v) is 10.5. The lowest BCUT2D eigenvalue weighted by Gasteiger charge is -2.37. The van der Waals surface area contributed by atoms with Crippen molar-refractivity contribution in [2.24, 2.45) is 0 Å². The number of alkyl carbamates (subject to hydrolysis) is 1. The highest BCUT2D eigenvalue weighted by molar-refractivity contribution is 5.92. The average molecular weight is 909 g/mol. The van der Waals surface area contributed by atoms with Gasteiger partial charge in [-0.1, -0.05) is 158 Å². The molecule has 67 heavy (non-hydrogen) atoms. The van der Waals surface area contributed by atoms with Crippen LogP contribution in [0.25, 0.3) is 0 Å². The van der Waals surface area contributed by atoms with Crippen molar-refractivity contribution in [1.82, 2.24) is 21.3 Å². The Kier molecular flexibility index (Phi) is 19.0. The molecule has 0 fully saturated rings. The Morgan fingerprint density at radius 1 is 0.567 bits per heavy atom. The van der Waals surface area contributed by atoms with Crippen LogP contribution in [-0.4, -0.2) is 66.1 Å². The van der Waals surface area contributed by atoms with Crippen molar-refractivity contribution < 1.29 is 43.0 Å². The van der Waals surface area contributed by atoms with Gasteiger partial charge in [0.15, 0.2) is 0 Å². The lowest BCUT2D eigenvalue weighted by atomic mass is 9.77. The van der Waals surface area contributed by atoms with Crippen molar-refractivity contribution in [3.63, 3.8) is 0 Å². The molecule has 0 aromatic heterocycles. The molecule has 5 aromatic carbocycles. The van der Waals surface area contributed by atoms with Gasteiger partial charge in [0.1, 0.15) is 29.8 Å². The zero-order valence-corrected chi connectivity index (χ0v) is 38.4. The summed E-state index contributed by atoms with van der Waals surface area (Å²) in [6.45, 7) is 6.87. The number of carbonyl (C=O) groups is 6. The Labute approximate surface area is 392 Å². The van der Waals surface area contributed by atoms with Crippen molar-refractivity contribution in [2.75, 3.05) is 6.61 Å². The number of rotatable bonds is 22. The summed E-state index contributed by atoms with van der Waals surface area (Å²) in [6.07, 6.45) is 1.32. The molecule has 0 spiro atoms. The van der Waals surface area contributed by atoms with Crippen molar-refractivity contribution in [3.8, 4) is 0 Å². The van der Waals surface area contributed by atoms with Gasteiger partial charge in [-0.05, 0) is 68.4 Å². The highest BCUT2D eigenvalue weighted by atomic mass is 16.6. The van der Waals surface area contributed by atoms with Crippen LogP contribution in [0.1, 0.15) is 81.2 Å². The molecule has 13 nitrogen and oxygen atoms in total. The second-order valence-electron chi connectivity index (χ2n) is 16.8. The molecule has 4 N–H and O–H groups in total. The van der Waals surface area contributed by atoms with Gasteiger partial charge in [-0.15, -0.1) is 0 Å². The van der Waals surface area contributed by atoms with Gasteiger partial charge in [0.25, 0.3) is 0 Å². The lowest BCUT2D eigenvalue weighted by Crippen LogP contribution is -2.55. The third-order valence-electron chi connectivity index (χ3n) is 10.5. The summed E-state index contributed by atoms with van der Waals surface area (Å²) in [7, 11) is 0. The molecular formula is C54H60N4O9. The molecule has 0 bridgehead atoms. The molecule has 3 atom stereocenters. The zero-order chi connectivity index (χ0) is 48.1. The van der Waals surface area contributed by atoms with E-state index in [9.17, 15) is 28.8 Å². The van der Waals surface area contributed by atoms with Gasteiger partial charge in [0, 0.05) is 31.4 Å². The maximum absolute atomic E-state index is 14.5. The van der Waals surface area contributed by atoms with E-state index in [1.165, 1.54) is 12.2 Å². The molecule has 5 aromatic rings. The molecule has 0 aliphatic carbocycles. The number of nitrogens with one attached hydrogen (secondary N) is 4. The van der Waals surface area contributed by atoms with Gasteiger partial charge in [-0.2, -0.15) is 0 Å². The fourth-order valence-corrected chi connectivity index (χ4v) is 7.39. The molecule has 4 amide bonds. The van der Waals surface area contributed by atoms with Crippen molar-refractivity contribution in [1.29, 1.82) is 0 Å². The lowest BCUT2D eigenvalue weighted by molar-refractivity contribution is -0.155. The third kappa shape index (κ3) is 16.1. The number of hydrogen-bond donors (Lipinski definition) is 4. The van der Waals surface area contributed by atoms with E-state index in [0.29, 0.717) is 5.56 Å². The largest absolute Gasteiger partial charge is 0.463 e. The SMILES string of the molecule is CCOC(=O)/C=C/[C@H](CCC(=O)NC(c1ccccc1)(c1ccccc1)c1ccccc1)NC(=O)[C@H](Cc1ccccc1)NC(=O)[C@H](CCC(=O)OC(C)(C)C)NC(=O)OCc1ccccc1. The fraction of sp³-hybridized carbons (Fsp3) is 0.296. The summed E-state index contributed by atoms with van der Waals surface area (Å²) < 4.78 is 16.0. The van der Waals surface area contributed by atoms with Crippen LogP contribution in [0.3, 0.4) is 0 Å². The molecule has 0 saturated heterocycles. The number of esters is 2. The van der Waals surface area contributed by atoms with Crippen molar-refractivity contribution >= 4 is 35.8 Å². The molecule has 0 saturated carbocycles.